The van der Waals surface area contributed by atoms with E-state index in [0.29, 0.717) is 11.1 Å². The van der Waals surface area contributed by atoms with Crippen LogP contribution in [0.2, 0.25) is 5.02 Å². The molecule has 3 nitrogen and oxygen atoms in total. The van der Waals surface area contributed by atoms with Gasteiger partial charge in [0.15, 0.2) is 0 Å². The Kier molecular flexibility index (Phi) is 4.49. The predicted molar refractivity (Wildman–Crippen MR) is 74.2 cm³/mol. The minimum Gasteiger partial charge on any atom is -0.394 e. The molecule has 1 aromatic carbocycles. The first kappa shape index (κ1) is 13.7. The average molecular weight is 270 g/mol. The van der Waals surface area contributed by atoms with Crippen LogP contribution in [0.5, 0.6) is 0 Å². The summed E-state index contributed by atoms with van der Waals surface area (Å²) in [7, 11) is 1.75. The second-order valence-electron chi connectivity index (χ2n) is 5.01. The molecule has 0 atom stereocenters. The molecule has 1 fully saturated rings. The van der Waals surface area contributed by atoms with Crippen LogP contribution >= 0.6 is 11.6 Å². The van der Waals surface area contributed by atoms with E-state index in [2.05, 4.69) is 5.32 Å². The zero-order valence-electron chi connectivity index (χ0n) is 10.7. The lowest BCUT2D eigenvalue weighted by Crippen LogP contribution is -2.46. The van der Waals surface area contributed by atoms with Gasteiger partial charge in [-0.05, 0) is 43.9 Å². The molecular weight excluding hydrogens is 250 g/mol. The Morgan fingerprint density at radius 2 is 2.17 bits per heavy atom. The highest BCUT2D eigenvalue weighted by Crippen LogP contribution is 2.33. The van der Waals surface area contributed by atoms with Gasteiger partial charge in [-0.1, -0.05) is 17.7 Å². The Labute approximate surface area is 113 Å². The van der Waals surface area contributed by atoms with Gasteiger partial charge in [-0.15, -0.1) is 0 Å². The Hall–Kier alpha value is -0.770. The molecule has 0 unspecified atom stereocenters. The highest BCUT2D eigenvalue weighted by atomic mass is 35.5. The number of rotatable bonds is 4. The van der Waals surface area contributed by atoms with E-state index in [4.69, 9.17) is 16.3 Å². The van der Waals surface area contributed by atoms with Gasteiger partial charge in [-0.3, -0.25) is 0 Å². The molecule has 0 amide bonds. The molecule has 0 heterocycles. The van der Waals surface area contributed by atoms with Gasteiger partial charge in [0.05, 0.1) is 18.2 Å². The molecule has 2 N–H and O–H groups in total. The van der Waals surface area contributed by atoms with Gasteiger partial charge >= 0.3 is 0 Å². The van der Waals surface area contributed by atoms with Crippen LogP contribution in [-0.2, 0) is 4.74 Å². The van der Waals surface area contributed by atoms with Crippen LogP contribution in [-0.4, -0.2) is 30.5 Å². The Balaban J connectivity index is 2.05. The molecule has 0 radical (unpaired) electrons. The second kappa shape index (κ2) is 5.91. The van der Waals surface area contributed by atoms with Crippen molar-refractivity contribution in [3.05, 3.63) is 29.3 Å². The van der Waals surface area contributed by atoms with E-state index in [-0.39, 0.29) is 12.1 Å². The normalized spacial score (nSPS) is 28.1. The average Bonchev–Trinajstić information content (AvgIpc) is 2.39. The van der Waals surface area contributed by atoms with Gasteiger partial charge in [-0.2, -0.15) is 0 Å². The number of halogens is 1. The quantitative estimate of drug-likeness (QED) is 0.883. The lowest BCUT2D eigenvalue weighted by Gasteiger charge is -2.40. The molecule has 1 saturated carbocycles. The van der Waals surface area contributed by atoms with Crippen molar-refractivity contribution in [3.8, 4) is 0 Å². The van der Waals surface area contributed by atoms with Gasteiger partial charge in [0.25, 0.3) is 0 Å². The summed E-state index contributed by atoms with van der Waals surface area (Å²) in [5.74, 6) is 0. The first-order valence-corrected chi connectivity index (χ1v) is 6.73. The standard InChI is InChI=1S/C14H20ClNO2/c1-18-13-5-7-14(10-17,8-6-13)16-12-4-2-3-11(15)9-12/h2-4,9,13,16-17H,5-8,10H2,1H3. The second-order valence-corrected chi connectivity index (χ2v) is 5.45. The summed E-state index contributed by atoms with van der Waals surface area (Å²) < 4.78 is 5.37. The van der Waals surface area contributed by atoms with Gasteiger partial charge in [0.1, 0.15) is 0 Å². The minimum atomic E-state index is -0.236. The molecule has 0 saturated heterocycles. The molecule has 0 bridgehead atoms. The van der Waals surface area contributed by atoms with Crippen LogP contribution < -0.4 is 5.32 Å². The van der Waals surface area contributed by atoms with E-state index in [1.807, 2.05) is 24.3 Å². The molecule has 100 valence electrons. The van der Waals surface area contributed by atoms with Crippen molar-refractivity contribution in [2.45, 2.75) is 37.3 Å². The third-order valence-corrected chi connectivity index (χ3v) is 3.99. The molecule has 1 aliphatic carbocycles. The van der Waals surface area contributed by atoms with E-state index in [1.165, 1.54) is 0 Å². The van der Waals surface area contributed by atoms with Crippen LogP contribution in [0, 0.1) is 0 Å². The van der Waals surface area contributed by atoms with Gasteiger partial charge in [0, 0.05) is 17.8 Å². The number of hydrogen-bond acceptors (Lipinski definition) is 3. The summed E-state index contributed by atoms with van der Waals surface area (Å²) in [6, 6.07) is 7.63. The molecule has 18 heavy (non-hydrogen) atoms. The number of ether oxygens (including phenoxy) is 1. The minimum absolute atomic E-state index is 0.135. The third-order valence-electron chi connectivity index (χ3n) is 3.76. The van der Waals surface area contributed by atoms with E-state index in [9.17, 15) is 5.11 Å². The summed E-state index contributed by atoms with van der Waals surface area (Å²) in [4.78, 5) is 0. The molecule has 0 aliphatic heterocycles. The zero-order valence-corrected chi connectivity index (χ0v) is 11.4. The first-order valence-electron chi connectivity index (χ1n) is 6.35. The van der Waals surface area contributed by atoms with E-state index < -0.39 is 0 Å². The molecule has 2 rings (SSSR count). The van der Waals surface area contributed by atoms with Crippen molar-refractivity contribution in [2.75, 3.05) is 19.0 Å². The number of aliphatic hydroxyl groups excluding tert-OH is 1. The van der Waals surface area contributed by atoms with E-state index in [0.717, 1.165) is 31.4 Å². The summed E-state index contributed by atoms with van der Waals surface area (Å²) in [6.07, 6.45) is 4.10. The van der Waals surface area contributed by atoms with Crippen LogP contribution in [0.4, 0.5) is 5.69 Å². The van der Waals surface area contributed by atoms with Crippen molar-refractivity contribution >= 4 is 17.3 Å². The summed E-state index contributed by atoms with van der Waals surface area (Å²) in [5, 5.41) is 13.8. The van der Waals surface area contributed by atoms with Crippen molar-refractivity contribution in [1.82, 2.24) is 0 Å². The van der Waals surface area contributed by atoms with Crippen LogP contribution in [0.3, 0.4) is 0 Å². The number of benzene rings is 1. The Morgan fingerprint density at radius 3 is 2.72 bits per heavy atom. The summed E-state index contributed by atoms with van der Waals surface area (Å²) in [6.45, 7) is 0.135. The summed E-state index contributed by atoms with van der Waals surface area (Å²) in [5.41, 5.74) is 0.729. The molecule has 0 spiro atoms. The Morgan fingerprint density at radius 1 is 1.44 bits per heavy atom. The van der Waals surface area contributed by atoms with Crippen LogP contribution in [0.1, 0.15) is 25.7 Å². The zero-order chi connectivity index (χ0) is 13.0. The first-order chi connectivity index (χ1) is 8.67. The number of hydrogen-bond donors (Lipinski definition) is 2. The molecule has 1 aliphatic rings. The smallest absolute Gasteiger partial charge is 0.0661 e. The Bertz CT molecular complexity index is 389. The van der Waals surface area contributed by atoms with Crippen molar-refractivity contribution in [3.63, 3.8) is 0 Å². The number of methoxy groups -OCH3 is 1. The van der Waals surface area contributed by atoms with Crippen molar-refractivity contribution < 1.29 is 9.84 Å². The third kappa shape index (κ3) is 3.16. The van der Waals surface area contributed by atoms with Gasteiger partial charge in [0.2, 0.25) is 0 Å². The van der Waals surface area contributed by atoms with Crippen molar-refractivity contribution in [2.24, 2.45) is 0 Å². The fourth-order valence-electron chi connectivity index (χ4n) is 2.57. The predicted octanol–water partition coefficient (Wildman–Crippen LogP) is 3.07. The SMILES string of the molecule is COC1CCC(CO)(Nc2cccc(Cl)c2)CC1. The highest BCUT2D eigenvalue weighted by Gasteiger charge is 2.34. The number of anilines is 1. The lowest BCUT2D eigenvalue weighted by atomic mass is 9.80. The number of aliphatic hydroxyl groups is 1. The molecular formula is C14H20ClNO2. The van der Waals surface area contributed by atoms with E-state index in [1.54, 1.807) is 7.11 Å². The lowest BCUT2D eigenvalue weighted by molar-refractivity contribution is 0.0411. The van der Waals surface area contributed by atoms with Crippen LogP contribution in [0.25, 0.3) is 0 Å². The van der Waals surface area contributed by atoms with Gasteiger partial charge < -0.3 is 15.2 Å². The van der Waals surface area contributed by atoms with E-state index >= 15 is 0 Å². The fourth-order valence-corrected chi connectivity index (χ4v) is 2.76. The fraction of sp³-hybridized carbons (Fsp3) is 0.571. The summed E-state index contributed by atoms with van der Waals surface area (Å²) >= 11 is 5.97. The largest absolute Gasteiger partial charge is 0.394 e. The monoisotopic (exact) mass is 269 g/mol. The highest BCUT2D eigenvalue weighted by molar-refractivity contribution is 6.30. The maximum absolute atomic E-state index is 9.69. The van der Waals surface area contributed by atoms with Gasteiger partial charge in [-0.25, -0.2) is 0 Å². The maximum atomic E-state index is 9.69. The van der Waals surface area contributed by atoms with Crippen molar-refractivity contribution in [1.29, 1.82) is 0 Å². The molecule has 0 aromatic heterocycles. The molecule has 4 heteroatoms. The number of nitrogens with one attached hydrogen (secondary N) is 1. The molecule has 1 aromatic rings. The topological polar surface area (TPSA) is 41.5 Å². The maximum Gasteiger partial charge on any atom is 0.0661 e. The van der Waals surface area contributed by atoms with Crippen LogP contribution in [0.15, 0.2) is 24.3 Å².